The lowest BCUT2D eigenvalue weighted by Crippen LogP contribution is -2.25. The Kier molecular flexibility index (Phi) is 3.88. The molecular formula is C15H25NO. The maximum absolute atomic E-state index is 9.65. The molecule has 0 aliphatic rings. The molecule has 2 heteroatoms. The van der Waals surface area contributed by atoms with Crippen LogP contribution >= 0.6 is 0 Å². The van der Waals surface area contributed by atoms with E-state index in [1.165, 1.54) is 5.56 Å². The third-order valence-corrected chi connectivity index (χ3v) is 3.05. The van der Waals surface area contributed by atoms with Gasteiger partial charge in [-0.05, 0) is 28.9 Å². The number of benzene rings is 1. The van der Waals surface area contributed by atoms with Crippen LogP contribution in [-0.2, 0) is 12.0 Å². The van der Waals surface area contributed by atoms with Gasteiger partial charge in [0.05, 0.1) is 0 Å². The average molecular weight is 235 g/mol. The Balaban J connectivity index is 3.06. The number of rotatable bonds is 3. The molecule has 0 spiro atoms. The lowest BCUT2D eigenvalue weighted by molar-refractivity contribution is 0.284. The van der Waals surface area contributed by atoms with Crippen LogP contribution in [0.3, 0.4) is 0 Å². The molecule has 0 bridgehead atoms. The minimum absolute atomic E-state index is 0.0931. The van der Waals surface area contributed by atoms with Crippen LogP contribution < -0.4 is 5.73 Å². The molecule has 2 nitrogen and oxygen atoms in total. The lowest BCUT2D eigenvalue weighted by Gasteiger charge is -2.33. The monoisotopic (exact) mass is 235 g/mol. The van der Waals surface area contributed by atoms with Crippen molar-refractivity contribution in [2.24, 2.45) is 11.1 Å². The first kappa shape index (κ1) is 14.0. The Labute approximate surface area is 105 Å². The van der Waals surface area contributed by atoms with Gasteiger partial charge in [0, 0.05) is 12.1 Å². The van der Waals surface area contributed by atoms with Gasteiger partial charge >= 0.3 is 0 Å². The average Bonchev–Trinajstić information content (AvgIpc) is 2.14. The number of phenols is 1. The Morgan fingerprint density at radius 1 is 1.12 bits per heavy atom. The Hall–Kier alpha value is -1.02. The predicted octanol–water partition coefficient (Wildman–Crippen LogP) is 3.56. The SMILES string of the molecule is CC(C)(C)CC(C)(C)c1ccc(O)c(CN)c1. The fourth-order valence-corrected chi connectivity index (χ4v) is 2.60. The van der Waals surface area contributed by atoms with Crippen molar-refractivity contribution >= 4 is 0 Å². The molecule has 0 aliphatic carbocycles. The van der Waals surface area contributed by atoms with Gasteiger partial charge in [0.25, 0.3) is 0 Å². The number of hydrogen-bond acceptors (Lipinski definition) is 2. The zero-order valence-corrected chi connectivity index (χ0v) is 11.7. The molecule has 0 fully saturated rings. The Bertz CT molecular complexity index is 388. The maximum Gasteiger partial charge on any atom is 0.120 e. The van der Waals surface area contributed by atoms with Crippen molar-refractivity contribution in [1.82, 2.24) is 0 Å². The van der Waals surface area contributed by atoms with E-state index < -0.39 is 0 Å². The molecule has 0 aliphatic heterocycles. The van der Waals surface area contributed by atoms with Gasteiger partial charge < -0.3 is 10.8 Å². The smallest absolute Gasteiger partial charge is 0.120 e. The molecule has 3 N–H and O–H groups in total. The number of aromatic hydroxyl groups is 1. The van der Waals surface area contributed by atoms with Crippen LogP contribution in [0.25, 0.3) is 0 Å². The van der Waals surface area contributed by atoms with Crippen LogP contribution in [0.1, 0.15) is 52.2 Å². The summed E-state index contributed by atoms with van der Waals surface area (Å²) >= 11 is 0. The molecule has 0 radical (unpaired) electrons. The molecule has 17 heavy (non-hydrogen) atoms. The van der Waals surface area contributed by atoms with Gasteiger partial charge in [0.2, 0.25) is 0 Å². The fourth-order valence-electron chi connectivity index (χ4n) is 2.60. The second-order valence-corrected chi connectivity index (χ2v) is 6.67. The molecule has 96 valence electrons. The molecule has 0 atom stereocenters. The standard InChI is InChI=1S/C15H25NO/c1-14(2,3)10-15(4,5)12-6-7-13(17)11(8-12)9-16/h6-8,17H,9-10,16H2,1-5H3. The zero-order chi connectivity index (χ0) is 13.3. The van der Waals surface area contributed by atoms with E-state index in [9.17, 15) is 5.11 Å². The van der Waals surface area contributed by atoms with E-state index in [4.69, 9.17) is 5.73 Å². The Morgan fingerprint density at radius 2 is 1.71 bits per heavy atom. The topological polar surface area (TPSA) is 46.2 Å². The summed E-state index contributed by atoms with van der Waals surface area (Å²) in [6, 6.07) is 5.78. The first-order valence-corrected chi connectivity index (χ1v) is 6.18. The highest BCUT2D eigenvalue weighted by atomic mass is 16.3. The summed E-state index contributed by atoms with van der Waals surface area (Å²) in [5, 5.41) is 9.65. The van der Waals surface area contributed by atoms with Crippen molar-refractivity contribution in [2.75, 3.05) is 0 Å². The largest absolute Gasteiger partial charge is 0.508 e. The third-order valence-electron chi connectivity index (χ3n) is 3.05. The molecule has 0 saturated heterocycles. The summed E-state index contributed by atoms with van der Waals surface area (Å²) in [5.74, 6) is 0.294. The van der Waals surface area contributed by atoms with Crippen LogP contribution in [0.2, 0.25) is 0 Å². The summed E-state index contributed by atoms with van der Waals surface area (Å²) in [4.78, 5) is 0. The van der Waals surface area contributed by atoms with Crippen molar-refractivity contribution in [2.45, 2.75) is 53.0 Å². The highest BCUT2D eigenvalue weighted by Gasteiger charge is 2.27. The quantitative estimate of drug-likeness (QED) is 0.841. The maximum atomic E-state index is 9.65. The second kappa shape index (κ2) is 4.69. The predicted molar refractivity (Wildman–Crippen MR) is 73.1 cm³/mol. The molecule has 1 aromatic rings. The van der Waals surface area contributed by atoms with Crippen molar-refractivity contribution in [3.63, 3.8) is 0 Å². The first-order chi connectivity index (χ1) is 7.65. The number of nitrogens with two attached hydrogens (primary N) is 1. The van der Waals surface area contributed by atoms with E-state index in [0.29, 0.717) is 12.3 Å². The van der Waals surface area contributed by atoms with Gasteiger partial charge in [-0.2, -0.15) is 0 Å². The first-order valence-electron chi connectivity index (χ1n) is 6.18. The van der Waals surface area contributed by atoms with E-state index >= 15 is 0 Å². The lowest BCUT2D eigenvalue weighted by atomic mass is 9.72. The minimum atomic E-state index is 0.0931. The third kappa shape index (κ3) is 3.74. The van der Waals surface area contributed by atoms with Crippen LogP contribution in [0.5, 0.6) is 5.75 Å². The molecule has 0 aromatic heterocycles. The second-order valence-electron chi connectivity index (χ2n) is 6.67. The molecule has 1 rings (SSSR count). The Morgan fingerprint density at radius 3 is 2.18 bits per heavy atom. The molecule has 0 amide bonds. The summed E-state index contributed by atoms with van der Waals surface area (Å²) in [6.07, 6.45) is 1.09. The summed E-state index contributed by atoms with van der Waals surface area (Å²) in [7, 11) is 0. The van der Waals surface area contributed by atoms with Gasteiger partial charge in [0.15, 0.2) is 0 Å². The number of hydrogen-bond donors (Lipinski definition) is 2. The zero-order valence-electron chi connectivity index (χ0n) is 11.7. The van der Waals surface area contributed by atoms with Crippen LogP contribution in [0.15, 0.2) is 18.2 Å². The van der Waals surface area contributed by atoms with E-state index in [2.05, 4.69) is 34.6 Å². The molecular weight excluding hydrogens is 210 g/mol. The normalized spacial score (nSPS) is 12.8. The minimum Gasteiger partial charge on any atom is -0.508 e. The molecule has 1 aromatic carbocycles. The summed E-state index contributed by atoms with van der Waals surface area (Å²) < 4.78 is 0. The van der Waals surface area contributed by atoms with Gasteiger partial charge in [0.1, 0.15) is 5.75 Å². The van der Waals surface area contributed by atoms with Gasteiger partial charge in [-0.15, -0.1) is 0 Å². The van der Waals surface area contributed by atoms with Crippen LogP contribution in [-0.4, -0.2) is 5.11 Å². The van der Waals surface area contributed by atoms with Crippen molar-refractivity contribution in [1.29, 1.82) is 0 Å². The molecule has 0 heterocycles. The van der Waals surface area contributed by atoms with E-state index in [-0.39, 0.29) is 10.8 Å². The molecule has 0 saturated carbocycles. The number of phenolic OH excluding ortho intramolecular Hbond substituents is 1. The fraction of sp³-hybridized carbons (Fsp3) is 0.600. The highest BCUT2D eigenvalue weighted by Crippen LogP contribution is 2.37. The van der Waals surface area contributed by atoms with Crippen LogP contribution in [0, 0.1) is 5.41 Å². The highest BCUT2D eigenvalue weighted by molar-refractivity contribution is 5.38. The van der Waals surface area contributed by atoms with E-state index in [0.717, 1.165) is 12.0 Å². The molecule has 0 unspecified atom stereocenters. The van der Waals surface area contributed by atoms with Crippen molar-refractivity contribution < 1.29 is 5.11 Å². The van der Waals surface area contributed by atoms with Gasteiger partial charge in [-0.1, -0.05) is 46.8 Å². The summed E-state index contributed by atoms with van der Waals surface area (Å²) in [6.45, 7) is 11.6. The van der Waals surface area contributed by atoms with E-state index in [1.807, 2.05) is 12.1 Å². The van der Waals surface area contributed by atoms with E-state index in [1.54, 1.807) is 6.07 Å². The van der Waals surface area contributed by atoms with Gasteiger partial charge in [-0.25, -0.2) is 0 Å². The van der Waals surface area contributed by atoms with Crippen molar-refractivity contribution in [3.8, 4) is 5.75 Å². The summed E-state index contributed by atoms with van der Waals surface area (Å²) in [5.41, 5.74) is 8.07. The van der Waals surface area contributed by atoms with Gasteiger partial charge in [-0.3, -0.25) is 0 Å². The van der Waals surface area contributed by atoms with Crippen molar-refractivity contribution in [3.05, 3.63) is 29.3 Å². The van der Waals surface area contributed by atoms with Crippen LogP contribution in [0.4, 0.5) is 0 Å².